The van der Waals surface area contributed by atoms with Crippen LogP contribution in [0.3, 0.4) is 0 Å². The molecule has 0 bridgehead atoms. The lowest BCUT2D eigenvalue weighted by Crippen LogP contribution is -2.55. The van der Waals surface area contributed by atoms with Gasteiger partial charge in [0.05, 0.1) is 6.04 Å². The van der Waals surface area contributed by atoms with Gasteiger partial charge in [-0.05, 0) is 67.5 Å². The summed E-state index contributed by atoms with van der Waals surface area (Å²) in [6.07, 6.45) is 3.58. The number of amides is 1. The Balaban J connectivity index is 1.50. The normalized spacial score (nSPS) is 20.8. The fourth-order valence-electron chi connectivity index (χ4n) is 4.12. The molecule has 3 nitrogen and oxygen atoms in total. The number of carbonyl (C=O) groups excluding carboxylic acids is 1. The van der Waals surface area contributed by atoms with E-state index in [0.29, 0.717) is 0 Å². The molecule has 2 aliphatic rings. The van der Waals surface area contributed by atoms with Crippen LogP contribution in [0.1, 0.15) is 35.6 Å². The van der Waals surface area contributed by atoms with Crippen LogP contribution in [0.5, 0.6) is 0 Å². The predicted octanol–water partition coefficient (Wildman–Crippen LogP) is 3.72. The first-order valence-corrected chi connectivity index (χ1v) is 9.35. The molecule has 3 heteroatoms. The van der Waals surface area contributed by atoms with Crippen molar-refractivity contribution in [3.63, 3.8) is 0 Å². The van der Waals surface area contributed by atoms with Gasteiger partial charge in [0.25, 0.3) is 0 Å². The zero-order chi connectivity index (χ0) is 17.4. The number of aryl methyl sites for hydroxylation is 3. The second-order valence-corrected chi connectivity index (χ2v) is 7.37. The van der Waals surface area contributed by atoms with E-state index in [0.717, 1.165) is 31.7 Å². The molecule has 1 aliphatic heterocycles. The van der Waals surface area contributed by atoms with Crippen molar-refractivity contribution in [2.75, 3.05) is 18.0 Å². The van der Waals surface area contributed by atoms with E-state index in [4.69, 9.17) is 0 Å². The highest BCUT2D eigenvalue weighted by atomic mass is 16.2. The van der Waals surface area contributed by atoms with Gasteiger partial charge in [-0.1, -0.05) is 30.3 Å². The van der Waals surface area contributed by atoms with Crippen LogP contribution in [0.4, 0.5) is 5.69 Å². The molecule has 0 aromatic heterocycles. The smallest absolute Gasteiger partial charge is 0.244 e. The van der Waals surface area contributed by atoms with Crippen LogP contribution >= 0.6 is 0 Å². The summed E-state index contributed by atoms with van der Waals surface area (Å²) in [4.78, 5) is 17.3. The third kappa shape index (κ3) is 3.09. The largest absolute Gasteiger partial charge is 0.310 e. The lowest BCUT2D eigenvalue weighted by Gasteiger charge is -2.39. The number of benzene rings is 2. The molecule has 1 aliphatic carbocycles. The van der Waals surface area contributed by atoms with Gasteiger partial charge in [0.2, 0.25) is 5.91 Å². The van der Waals surface area contributed by atoms with Crippen LogP contribution in [0.2, 0.25) is 0 Å². The minimum Gasteiger partial charge on any atom is -0.310 e. The molecule has 130 valence electrons. The van der Waals surface area contributed by atoms with Gasteiger partial charge in [-0.25, -0.2) is 0 Å². The zero-order valence-electron chi connectivity index (χ0n) is 15.2. The van der Waals surface area contributed by atoms with E-state index in [1.165, 1.54) is 35.1 Å². The molecule has 25 heavy (non-hydrogen) atoms. The predicted molar refractivity (Wildman–Crippen MR) is 102 cm³/mol. The maximum Gasteiger partial charge on any atom is 0.244 e. The van der Waals surface area contributed by atoms with E-state index in [9.17, 15) is 4.79 Å². The van der Waals surface area contributed by atoms with Crippen molar-refractivity contribution in [1.82, 2.24) is 4.90 Å². The molecule has 0 N–H and O–H groups in total. The number of piperazine rings is 1. The number of hydrogen-bond acceptors (Lipinski definition) is 2. The van der Waals surface area contributed by atoms with E-state index in [1.54, 1.807) is 0 Å². The van der Waals surface area contributed by atoms with Crippen molar-refractivity contribution < 1.29 is 4.79 Å². The van der Waals surface area contributed by atoms with Crippen LogP contribution in [0.15, 0.2) is 42.5 Å². The molecule has 4 rings (SSSR count). The van der Waals surface area contributed by atoms with E-state index >= 15 is 0 Å². The number of hydrogen-bond donors (Lipinski definition) is 0. The summed E-state index contributed by atoms with van der Waals surface area (Å²) in [5.41, 5.74) is 6.58. The lowest BCUT2D eigenvalue weighted by atomic mass is 10.0. The number of nitrogens with zero attached hydrogens (tertiary/aromatic N) is 2. The molecule has 0 saturated carbocycles. The topological polar surface area (TPSA) is 23.6 Å². The molecule has 0 spiro atoms. The van der Waals surface area contributed by atoms with Gasteiger partial charge in [0, 0.05) is 25.3 Å². The van der Waals surface area contributed by atoms with Crippen LogP contribution < -0.4 is 4.90 Å². The Morgan fingerprint density at radius 2 is 1.84 bits per heavy atom. The Hall–Kier alpha value is -2.13. The van der Waals surface area contributed by atoms with Crippen LogP contribution in [0.25, 0.3) is 0 Å². The van der Waals surface area contributed by atoms with E-state index in [1.807, 2.05) is 11.8 Å². The van der Waals surface area contributed by atoms with Crippen LogP contribution in [-0.4, -0.2) is 29.9 Å². The highest BCUT2D eigenvalue weighted by Crippen LogP contribution is 2.29. The summed E-state index contributed by atoms with van der Waals surface area (Å²) in [5, 5.41) is 0. The standard InChI is InChI=1S/C22H26N2O/c1-16-6-3-4-7-20(16)15-23-12-13-24(22(25)17(23)2)21-11-10-18-8-5-9-19(18)14-21/h3-4,6-7,10-11,14,17H,5,8-9,12-13,15H2,1-2H3/t17-/m0/s1. The Kier molecular flexibility index (Phi) is 4.34. The molecule has 1 heterocycles. The Morgan fingerprint density at radius 1 is 1.04 bits per heavy atom. The molecule has 1 amide bonds. The minimum absolute atomic E-state index is 0.0818. The van der Waals surface area contributed by atoms with Crippen LogP contribution in [0, 0.1) is 6.92 Å². The minimum atomic E-state index is -0.0818. The highest BCUT2D eigenvalue weighted by molar-refractivity contribution is 5.97. The summed E-state index contributed by atoms with van der Waals surface area (Å²) in [6, 6.07) is 15.0. The van der Waals surface area contributed by atoms with E-state index in [-0.39, 0.29) is 11.9 Å². The maximum absolute atomic E-state index is 13.0. The van der Waals surface area contributed by atoms with Gasteiger partial charge in [-0.3, -0.25) is 9.69 Å². The molecule has 1 fully saturated rings. The first-order chi connectivity index (χ1) is 12.1. The van der Waals surface area contributed by atoms with Crippen molar-refractivity contribution in [3.05, 3.63) is 64.7 Å². The summed E-state index contributed by atoms with van der Waals surface area (Å²) < 4.78 is 0. The highest BCUT2D eigenvalue weighted by Gasteiger charge is 2.32. The third-order valence-corrected chi connectivity index (χ3v) is 5.81. The van der Waals surface area contributed by atoms with E-state index < -0.39 is 0 Å². The second-order valence-electron chi connectivity index (χ2n) is 7.37. The molecular formula is C22H26N2O. The lowest BCUT2D eigenvalue weighted by molar-refractivity contribution is -0.125. The molecule has 2 aromatic carbocycles. The maximum atomic E-state index is 13.0. The molecule has 2 aromatic rings. The van der Waals surface area contributed by atoms with Gasteiger partial charge < -0.3 is 4.90 Å². The second kappa shape index (κ2) is 6.64. The average molecular weight is 334 g/mol. The summed E-state index contributed by atoms with van der Waals surface area (Å²) in [7, 11) is 0. The monoisotopic (exact) mass is 334 g/mol. The van der Waals surface area contributed by atoms with Crippen molar-refractivity contribution in [1.29, 1.82) is 0 Å². The molecule has 0 radical (unpaired) electrons. The summed E-state index contributed by atoms with van der Waals surface area (Å²) in [5.74, 6) is 0.220. The zero-order valence-corrected chi connectivity index (χ0v) is 15.2. The van der Waals surface area contributed by atoms with Gasteiger partial charge in [-0.15, -0.1) is 0 Å². The van der Waals surface area contributed by atoms with Gasteiger partial charge in [-0.2, -0.15) is 0 Å². The number of fused-ring (bicyclic) bond motifs is 1. The third-order valence-electron chi connectivity index (χ3n) is 5.81. The molecule has 1 atom stereocenters. The fourth-order valence-corrected chi connectivity index (χ4v) is 4.12. The van der Waals surface area contributed by atoms with E-state index in [2.05, 4.69) is 54.3 Å². The fraction of sp³-hybridized carbons (Fsp3) is 0.409. The van der Waals surface area contributed by atoms with Crippen molar-refractivity contribution >= 4 is 11.6 Å². The first-order valence-electron chi connectivity index (χ1n) is 9.35. The summed E-state index contributed by atoms with van der Waals surface area (Å²) in [6.45, 7) is 6.71. The van der Waals surface area contributed by atoms with Gasteiger partial charge in [0.1, 0.15) is 0 Å². The van der Waals surface area contributed by atoms with Crippen LogP contribution in [-0.2, 0) is 24.2 Å². The van der Waals surface area contributed by atoms with Crippen molar-refractivity contribution in [3.8, 4) is 0 Å². The van der Waals surface area contributed by atoms with Gasteiger partial charge in [0.15, 0.2) is 0 Å². The molecule has 1 saturated heterocycles. The number of anilines is 1. The molecular weight excluding hydrogens is 308 g/mol. The Labute approximate surface area is 150 Å². The number of rotatable bonds is 3. The Morgan fingerprint density at radius 3 is 2.68 bits per heavy atom. The average Bonchev–Trinajstić information content (AvgIpc) is 3.08. The van der Waals surface area contributed by atoms with Gasteiger partial charge >= 0.3 is 0 Å². The number of carbonyl (C=O) groups is 1. The SMILES string of the molecule is Cc1ccccc1CN1CCN(c2ccc3c(c2)CCC3)C(=O)[C@@H]1C. The van der Waals surface area contributed by atoms with Crippen molar-refractivity contribution in [2.45, 2.75) is 45.7 Å². The summed E-state index contributed by atoms with van der Waals surface area (Å²) >= 11 is 0. The van der Waals surface area contributed by atoms with Crippen molar-refractivity contribution in [2.24, 2.45) is 0 Å². The Bertz CT molecular complexity index is 798. The quantitative estimate of drug-likeness (QED) is 0.854. The first kappa shape index (κ1) is 16.3. The molecule has 0 unspecified atom stereocenters.